The van der Waals surface area contributed by atoms with Crippen molar-refractivity contribution in [2.45, 2.75) is 64.6 Å². The van der Waals surface area contributed by atoms with Crippen LogP contribution in [0.2, 0.25) is 0 Å². The van der Waals surface area contributed by atoms with Crippen LogP contribution in [0.4, 0.5) is 0 Å². The maximum Gasteiger partial charge on any atom is 0.0596 e. The second-order valence-electron chi connectivity index (χ2n) is 5.46. The lowest BCUT2D eigenvalue weighted by atomic mass is 9.93. The van der Waals surface area contributed by atoms with Gasteiger partial charge >= 0.3 is 0 Å². The van der Waals surface area contributed by atoms with E-state index >= 15 is 0 Å². The first-order valence-electron chi connectivity index (χ1n) is 7.07. The molecule has 18 heavy (non-hydrogen) atoms. The summed E-state index contributed by atoms with van der Waals surface area (Å²) in [5, 5.41) is 17.5. The first kappa shape index (κ1) is 13.6. The van der Waals surface area contributed by atoms with Gasteiger partial charge in [-0.3, -0.25) is 4.68 Å². The van der Waals surface area contributed by atoms with Crippen molar-refractivity contribution in [2.24, 2.45) is 0 Å². The van der Waals surface area contributed by atoms with Gasteiger partial charge < -0.3 is 10.4 Å². The number of hydrogen-bond acceptors (Lipinski definition) is 3. The number of aliphatic hydroxyl groups is 1. The van der Waals surface area contributed by atoms with Gasteiger partial charge in [0.05, 0.1) is 11.8 Å². The van der Waals surface area contributed by atoms with E-state index in [9.17, 15) is 5.11 Å². The van der Waals surface area contributed by atoms with Gasteiger partial charge in [0.2, 0.25) is 0 Å². The van der Waals surface area contributed by atoms with Crippen LogP contribution in [0.25, 0.3) is 0 Å². The Kier molecular flexibility index (Phi) is 4.78. The van der Waals surface area contributed by atoms with Gasteiger partial charge in [-0.05, 0) is 58.6 Å². The van der Waals surface area contributed by atoms with Gasteiger partial charge in [0.25, 0.3) is 0 Å². The van der Waals surface area contributed by atoms with Gasteiger partial charge in [-0.15, -0.1) is 0 Å². The number of nitrogens with zero attached hydrogens (tertiary/aromatic N) is 2. The maximum atomic E-state index is 9.44. The molecule has 2 rings (SSSR count). The molecule has 1 aliphatic carbocycles. The molecule has 4 nitrogen and oxygen atoms in total. The molecular weight excluding hydrogens is 226 g/mol. The van der Waals surface area contributed by atoms with Crippen molar-refractivity contribution in [2.75, 3.05) is 6.54 Å². The minimum atomic E-state index is -0.0576. The fourth-order valence-electron chi connectivity index (χ4n) is 2.72. The Morgan fingerprint density at radius 3 is 2.67 bits per heavy atom. The highest BCUT2D eigenvalue weighted by Gasteiger charge is 2.18. The molecule has 0 saturated heterocycles. The van der Waals surface area contributed by atoms with Crippen LogP contribution < -0.4 is 5.32 Å². The SMILES string of the molecule is Cc1cc(C)n(CCCNC2CCC(O)CC2)n1. The number of rotatable bonds is 5. The summed E-state index contributed by atoms with van der Waals surface area (Å²) in [6.07, 6.45) is 5.19. The molecule has 2 N–H and O–H groups in total. The zero-order valence-corrected chi connectivity index (χ0v) is 11.5. The third kappa shape index (κ3) is 3.82. The smallest absolute Gasteiger partial charge is 0.0596 e. The van der Waals surface area contributed by atoms with E-state index in [0.717, 1.165) is 50.9 Å². The van der Waals surface area contributed by atoms with E-state index in [1.807, 2.05) is 6.92 Å². The quantitative estimate of drug-likeness (QED) is 0.784. The van der Waals surface area contributed by atoms with Crippen LogP contribution >= 0.6 is 0 Å². The van der Waals surface area contributed by atoms with Gasteiger partial charge in [-0.1, -0.05) is 0 Å². The van der Waals surface area contributed by atoms with Crippen molar-refractivity contribution < 1.29 is 5.11 Å². The first-order chi connectivity index (χ1) is 8.65. The fraction of sp³-hybridized carbons (Fsp3) is 0.786. The molecule has 1 aromatic rings. The van der Waals surface area contributed by atoms with E-state index in [2.05, 4.69) is 28.1 Å². The molecule has 102 valence electrons. The molecule has 1 fully saturated rings. The van der Waals surface area contributed by atoms with E-state index in [-0.39, 0.29) is 6.10 Å². The van der Waals surface area contributed by atoms with Crippen LogP contribution in [0.1, 0.15) is 43.5 Å². The Hall–Kier alpha value is -0.870. The molecule has 0 amide bonds. The molecule has 1 aliphatic rings. The van der Waals surface area contributed by atoms with Crippen LogP contribution in [-0.4, -0.2) is 33.6 Å². The van der Waals surface area contributed by atoms with Crippen molar-refractivity contribution in [1.29, 1.82) is 0 Å². The third-order valence-corrected chi connectivity index (χ3v) is 3.78. The lowest BCUT2D eigenvalue weighted by Crippen LogP contribution is -2.35. The highest BCUT2D eigenvalue weighted by molar-refractivity contribution is 5.06. The van der Waals surface area contributed by atoms with E-state index < -0.39 is 0 Å². The monoisotopic (exact) mass is 251 g/mol. The molecule has 0 spiro atoms. The van der Waals surface area contributed by atoms with Gasteiger partial charge in [0.1, 0.15) is 0 Å². The van der Waals surface area contributed by atoms with Gasteiger partial charge in [-0.2, -0.15) is 5.10 Å². The molecular formula is C14H25N3O. The second kappa shape index (κ2) is 6.34. The normalized spacial score (nSPS) is 24.4. The molecule has 0 aliphatic heterocycles. The predicted molar refractivity (Wildman–Crippen MR) is 72.6 cm³/mol. The highest BCUT2D eigenvalue weighted by atomic mass is 16.3. The zero-order chi connectivity index (χ0) is 13.0. The number of hydrogen-bond donors (Lipinski definition) is 2. The Balaban J connectivity index is 1.63. The summed E-state index contributed by atoms with van der Waals surface area (Å²) in [4.78, 5) is 0. The zero-order valence-electron chi connectivity index (χ0n) is 11.5. The molecule has 4 heteroatoms. The van der Waals surface area contributed by atoms with Crippen molar-refractivity contribution in [1.82, 2.24) is 15.1 Å². The van der Waals surface area contributed by atoms with Crippen molar-refractivity contribution in [3.05, 3.63) is 17.5 Å². The maximum absolute atomic E-state index is 9.44. The molecule has 0 bridgehead atoms. The van der Waals surface area contributed by atoms with Crippen molar-refractivity contribution in [3.63, 3.8) is 0 Å². The average molecular weight is 251 g/mol. The Bertz CT molecular complexity index is 367. The van der Waals surface area contributed by atoms with Gasteiger partial charge in [0.15, 0.2) is 0 Å². The molecule has 1 aromatic heterocycles. The number of aryl methyl sites for hydroxylation is 3. The van der Waals surface area contributed by atoms with Gasteiger partial charge in [0, 0.05) is 18.3 Å². The fourth-order valence-corrected chi connectivity index (χ4v) is 2.72. The van der Waals surface area contributed by atoms with Crippen LogP contribution in [0.15, 0.2) is 6.07 Å². The van der Waals surface area contributed by atoms with E-state index in [4.69, 9.17) is 0 Å². The molecule has 0 atom stereocenters. The Morgan fingerprint density at radius 1 is 1.33 bits per heavy atom. The minimum Gasteiger partial charge on any atom is -0.393 e. The summed E-state index contributed by atoms with van der Waals surface area (Å²) in [5.41, 5.74) is 2.34. The summed E-state index contributed by atoms with van der Waals surface area (Å²) in [6.45, 7) is 6.17. The molecule has 0 aromatic carbocycles. The Labute approximate surface area is 109 Å². The topological polar surface area (TPSA) is 50.1 Å². The molecule has 0 unspecified atom stereocenters. The van der Waals surface area contributed by atoms with E-state index in [0.29, 0.717) is 6.04 Å². The molecule has 1 heterocycles. The summed E-state index contributed by atoms with van der Waals surface area (Å²) in [5.74, 6) is 0. The highest BCUT2D eigenvalue weighted by Crippen LogP contribution is 2.18. The van der Waals surface area contributed by atoms with E-state index in [1.54, 1.807) is 0 Å². The second-order valence-corrected chi connectivity index (χ2v) is 5.46. The van der Waals surface area contributed by atoms with Crippen LogP contribution in [0, 0.1) is 13.8 Å². The number of aromatic nitrogens is 2. The van der Waals surface area contributed by atoms with E-state index in [1.165, 1.54) is 5.69 Å². The third-order valence-electron chi connectivity index (χ3n) is 3.78. The minimum absolute atomic E-state index is 0.0576. The summed E-state index contributed by atoms with van der Waals surface area (Å²) < 4.78 is 2.08. The van der Waals surface area contributed by atoms with Crippen LogP contribution in [-0.2, 0) is 6.54 Å². The van der Waals surface area contributed by atoms with Crippen molar-refractivity contribution in [3.8, 4) is 0 Å². The molecule has 0 radical (unpaired) electrons. The number of aliphatic hydroxyl groups excluding tert-OH is 1. The predicted octanol–water partition coefficient (Wildman–Crippen LogP) is 1.78. The van der Waals surface area contributed by atoms with Crippen molar-refractivity contribution >= 4 is 0 Å². The average Bonchev–Trinajstić information content (AvgIpc) is 2.66. The lowest BCUT2D eigenvalue weighted by Gasteiger charge is -2.26. The summed E-state index contributed by atoms with van der Waals surface area (Å²) in [7, 11) is 0. The largest absolute Gasteiger partial charge is 0.393 e. The molecule has 1 saturated carbocycles. The van der Waals surface area contributed by atoms with Crippen LogP contribution in [0.5, 0.6) is 0 Å². The number of nitrogens with one attached hydrogen (secondary N) is 1. The summed E-state index contributed by atoms with van der Waals surface area (Å²) in [6, 6.07) is 2.73. The Morgan fingerprint density at radius 2 is 2.06 bits per heavy atom. The first-order valence-corrected chi connectivity index (χ1v) is 7.07. The van der Waals surface area contributed by atoms with Crippen LogP contribution in [0.3, 0.4) is 0 Å². The van der Waals surface area contributed by atoms with Gasteiger partial charge in [-0.25, -0.2) is 0 Å². The lowest BCUT2D eigenvalue weighted by molar-refractivity contribution is 0.116. The standard InChI is InChI=1S/C14H25N3O/c1-11-10-12(2)17(16-11)9-3-8-15-13-4-6-14(18)7-5-13/h10,13-15,18H,3-9H2,1-2H3. The summed E-state index contributed by atoms with van der Waals surface area (Å²) >= 11 is 0.